The molecule has 1 aromatic heterocycles. The lowest BCUT2D eigenvalue weighted by Gasteiger charge is -2.38. The van der Waals surface area contributed by atoms with E-state index < -0.39 is 0 Å². The van der Waals surface area contributed by atoms with Crippen molar-refractivity contribution in [2.24, 2.45) is 0 Å². The fourth-order valence-electron chi connectivity index (χ4n) is 3.47. The summed E-state index contributed by atoms with van der Waals surface area (Å²) in [4.78, 5) is 11.5. The second-order valence-corrected chi connectivity index (χ2v) is 7.14. The molecule has 2 saturated heterocycles. The number of aromatic nitrogens is 2. The number of anilines is 2. The summed E-state index contributed by atoms with van der Waals surface area (Å²) >= 11 is 6.22. The molecule has 0 saturated carbocycles. The second-order valence-electron chi connectivity index (χ2n) is 6.73. The zero-order valence-corrected chi connectivity index (χ0v) is 15.6. The summed E-state index contributed by atoms with van der Waals surface area (Å²) in [5, 5.41) is 4.03. The summed E-state index contributed by atoms with van der Waals surface area (Å²) in [6, 6.07) is 9.81. The third kappa shape index (κ3) is 3.77. The molecule has 6 nitrogen and oxygen atoms in total. The SMILES string of the molecule is Cc1cc(N2CCC3(CC2)OCCO3)nc(NCc2ccccc2Cl)n1. The van der Waals surface area contributed by atoms with E-state index in [0.29, 0.717) is 25.7 Å². The first-order valence-electron chi connectivity index (χ1n) is 8.99. The van der Waals surface area contributed by atoms with Crippen molar-refractivity contribution in [3.63, 3.8) is 0 Å². The molecule has 1 aromatic carbocycles. The highest BCUT2D eigenvalue weighted by molar-refractivity contribution is 6.31. The molecule has 1 spiro atoms. The van der Waals surface area contributed by atoms with E-state index in [1.165, 1.54) is 0 Å². The molecule has 138 valence electrons. The topological polar surface area (TPSA) is 59.5 Å². The number of hydrogen-bond acceptors (Lipinski definition) is 6. The Morgan fingerprint density at radius 1 is 1.15 bits per heavy atom. The van der Waals surface area contributed by atoms with Crippen molar-refractivity contribution in [3.8, 4) is 0 Å². The van der Waals surface area contributed by atoms with Crippen LogP contribution >= 0.6 is 11.6 Å². The molecule has 0 amide bonds. The van der Waals surface area contributed by atoms with Gasteiger partial charge in [0.2, 0.25) is 5.95 Å². The number of ether oxygens (including phenoxy) is 2. The van der Waals surface area contributed by atoms with Gasteiger partial charge in [-0.3, -0.25) is 0 Å². The van der Waals surface area contributed by atoms with Gasteiger partial charge in [-0.05, 0) is 18.6 Å². The number of piperidine rings is 1. The zero-order valence-electron chi connectivity index (χ0n) is 14.9. The predicted octanol–water partition coefficient (Wildman–Crippen LogP) is 3.39. The van der Waals surface area contributed by atoms with Crippen molar-refractivity contribution in [2.45, 2.75) is 32.1 Å². The number of hydrogen-bond donors (Lipinski definition) is 1. The predicted molar refractivity (Wildman–Crippen MR) is 102 cm³/mol. The number of rotatable bonds is 4. The van der Waals surface area contributed by atoms with Gasteiger partial charge in [-0.15, -0.1) is 0 Å². The Morgan fingerprint density at radius 2 is 1.88 bits per heavy atom. The maximum Gasteiger partial charge on any atom is 0.225 e. The number of halogens is 1. The van der Waals surface area contributed by atoms with Crippen LogP contribution < -0.4 is 10.2 Å². The Hall–Kier alpha value is -1.89. The normalized spacial score (nSPS) is 19.1. The van der Waals surface area contributed by atoms with Gasteiger partial charge in [0.25, 0.3) is 0 Å². The molecule has 0 bridgehead atoms. The van der Waals surface area contributed by atoms with Crippen molar-refractivity contribution in [3.05, 3.63) is 46.6 Å². The molecule has 2 aromatic rings. The smallest absolute Gasteiger partial charge is 0.225 e. The van der Waals surface area contributed by atoms with E-state index in [1.54, 1.807) is 0 Å². The quantitative estimate of drug-likeness (QED) is 0.885. The maximum atomic E-state index is 6.22. The van der Waals surface area contributed by atoms with Gasteiger partial charge in [-0.25, -0.2) is 4.98 Å². The highest BCUT2D eigenvalue weighted by atomic mass is 35.5. The first-order valence-corrected chi connectivity index (χ1v) is 9.37. The minimum atomic E-state index is -0.371. The van der Waals surface area contributed by atoms with Crippen molar-refractivity contribution in [1.29, 1.82) is 0 Å². The molecule has 3 heterocycles. The van der Waals surface area contributed by atoms with E-state index in [0.717, 1.165) is 48.0 Å². The standard InChI is InChI=1S/C19H23ClN4O2/c1-14-12-17(24-8-6-19(7-9-24)25-10-11-26-19)23-18(22-14)21-13-15-4-2-3-5-16(15)20/h2-5,12H,6-11,13H2,1H3,(H,21,22,23). The minimum Gasteiger partial charge on any atom is -0.356 e. The summed E-state index contributed by atoms with van der Waals surface area (Å²) in [6.07, 6.45) is 1.72. The van der Waals surface area contributed by atoms with Crippen LogP contribution in [0.15, 0.2) is 30.3 Å². The van der Waals surface area contributed by atoms with Crippen LogP contribution in [-0.4, -0.2) is 42.1 Å². The Morgan fingerprint density at radius 3 is 2.62 bits per heavy atom. The van der Waals surface area contributed by atoms with Crippen molar-refractivity contribution < 1.29 is 9.47 Å². The molecule has 26 heavy (non-hydrogen) atoms. The Bertz CT molecular complexity index is 770. The third-order valence-corrected chi connectivity index (χ3v) is 5.27. The van der Waals surface area contributed by atoms with Crippen molar-refractivity contribution >= 4 is 23.4 Å². The first kappa shape index (κ1) is 17.5. The highest BCUT2D eigenvalue weighted by Crippen LogP contribution is 2.33. The first-order chi connectivity index (χ1) is 12.6. The van der Waals surface area contributed by atoms with Gasteiger partial charge in [0, 0.05) is 49.3 Å². The average Bonchev–Trinajstić information content (AvgIpc) is 3.09. The largest absolute Gasteiger partial charge is 0.356 e. The fraction of sp³-hybridized carbons (Fsp3) is 0.474. The van der Waals surface area contributed by atoms with Crippen LogP contribution in [0.1, 0.15) is 24.1 Å². The third-order valence-electron chi connectivity index (χ3n) is 4.90. The van der Waals surface area contributed by atoms with Crippen LogP contribution in [0.5, 0.6) is 0 Å². The van der Waals surface area contributed by atoms with E-state index in [4.69, 9.17) is 26.1 Å². The zero-order chi connectivity index (χ0) is 18.0. The highest BCUT2D eigenvalue weighted by Gasteiger charge is 2.40. The molecule has 2 aliphatic heterocycles. The fourth-order valence-corrected chi connectivity index (χ4v) is 3.67. The molecule has 0 unspecified atom stereocenters. The molecule has 0 aliphatic carbocycles. The number of nitrogens with zero attached hydrogens (tertiary/aromatic N) is 3. The molecular weight excluding hydrogens is 352 g/mol. The van der Waals surface area contributed by atoms with Gasteiger partial charge in [-0.2, -0.15) is 4.98 Å². The minimum absolute atomic E-state index is 0.371. The molecule has 2 fully saturated rings. The molecule has 2 aliphatic rings. The van der Waals surface area contributed by atoms with Crippen LogP contribution in [0.2, 0.25) is 5.02 Å². The lowest BCUT2D eigenvalue weighted by molar-refractivity contribution is -0.169. The Kier molecular flexibility index (Phi) is 4.98. The van der Waals surface area contributed by atoms with Crippen molar-refractivity contribution in [1.82, 2.24) is 9.97 Å². The monoisotopic (exact) mass is 374 g/mol. The molecule has 0 radical (unpaired) electrons. The van der Waals surface area contributed by atoms with E-state index in [-0.39, 0.29) is 5.79 Å². The molecular formula is C19H23ClN4O2. The van der Waals surface area contributed by atoms with Crippen LogP contribution in [0, 0.1) is 6.92 Å². The van der Waals surface area contributed by atoms with Gasteiger partial charge >= 0.3 is 0 Å². The van der Waals surface area contributed by atoms with E-state index in [1.807, 2.05) is 37.3 Å². The Balaban J connectivity index is 1.44. The number of aryl methyl sites for hydroxylation is 1. The average molecular weight is 375 g/mol. The van der Waals surface area contributed by atoms with Gasteiger partial charge in [0.05, 0.1) is 13.2 Å². The number of nitrogens with one attached hydrogen (secondary N) is 1. The lowest BCUT2D eigenvalue weighted by Crippen LogP contribution is -2.45. The molecule has 7 heteroatoms. The second kappa shape index (κ2) is 7.39. The van der Waals surface area contributed by atoms with Gasteiger partial charge in [-0.1, -0.05) is 29.8 Å². The van der Waals surface area contributed by atoms with Crippen LogP contribution in [0.3, 0.4) is 0 Å². The number of benzene rings is 1. The molecule has 0 atom stereocenters. The maximum absolute atomic E-state index is 6.22. The van der Waals surface area contributed by atoms with Gasteiger partial charge in [0.15, 0.2) is 5.79 Å². The van der Waals surface area contributed by atoms with E-state index >= 15 is 0 Å². The Labute approximate surface area is 158 Å². The van der Waals surface area contributed by atoms with E-state index in [2.05, 4.69) is 15.2 Å². The molecule has 1 N–H and O–H groups in total. The van der Waals surface area contributed by atoms with Crippen LogP contribution in [-0.2, 0) is 16.0 Å². The summed E-state index contributed by atoms with van der Waals surface area (Å²) in [6.45, 7) is 5.69. The summed E-state index contributed by atoms with van der Waals surface area (Å²) < 4.78 is 11.6. The summed E-state index contributed by atoms with van der Waals surface area (Å²) in [5.41, 5.74) is 1.96. The van der Waals surface area contributed by atoms with E-state index in [9.17, 15) is 0 Å². The van der Waals surface area contributed by atoms with Crippen LogP contribution in [0.4, 0.5) is 11.8 Å². The summed E-state index contributed by atoms with van der Waals surface area (Å²) in [7, 11) is 0. The summed E-state index contributed by atoms with van der Waals surface area (Å²) in [5.74, 6) is 1.18. The molecule has 4 rings (SSSR count). The lowest BCUT2D eigenvalue weighted by atomic mass is 10.0. The van der Waals surface area contributed by atoms with Gasteiger partial charge < -0.3 is 19.7 Å². The van der Waals surface area contributed by atoms with Crippen LogP contribution in [0.25, 0.3) is 0 Å². The van der Waals surface area contributed by atoms with Crippen molar-refractivity contribution in [2.75, 3.05) is 36.5 Å². The van der Waals surface area contributed by atoms with Gasteiger partial charge in [0.1, 0.15) is 5.82 Å².